The van der Waals surface area contributed by atoms with Gasteiger partial charge < -0.3 is 14.8 Å². The summed E-state index contributed by atoms with van der Waals surface area (Å²) < 4.78 is 57.4. The number of aromatic carboxylic acids is 1. The quantitative estimate of drug-likeness (QED) is 0.670. The van der Waals surface area contributed by atoms with Crippen molar-refractivity contribution in [2.75, 3.05) is 5.32 Å². The highest BCUT2D eigenvalue weighted by Gasteiger charge is 2.20. The van der Waals surface area contributed by atoms with Crippen LogP contribution in [0.15, 0.2) is 22.8 Å². The van der Waals surface area contributed by atoms with Crippen molar-refractivity contribution in [3.05, 3.63) is 53.0 Å². The molecule has 0 radical (unpaired) electrons. The molecule has 2 aromatic rings. The number of rotatable bonds is 4. The maximum Gasteiger partial charge on any atom is 0.339 e. The van der Waals surface area contributed by atoms with E-state index >= 15 is 0 Å². The summed E-state index contributed by atoms with van der Waals surface area (Å²) >= 11 is 0. The minimum atomic E-state index is -1.60. The van der Waals surface area contributed by atoms with Crippen molar-refractivity contribution in [1.82, 2.24) is 0 Å². The summed E-state index contributed by atoms with van der Waals surface area (Å²) in [5.74, 6) is -7.78. The predicted molar refractivity (Wildman–Crippen MR) is 59.3 cm³/mol. The lowest BCUT2D eigenvalue weighted by Crippen LogP contribution is -2.09. The normalized spacial score (nSPS) is 10.6. The predicted octanol–water partition coefficient (Wildman–Crippen LogP) is 3.15. The molecule has 20 heavy (non-hydrogen) atoms. The summed E-state index contributed by atoms with van der Waals surface area (Å²) in [6.45, 7) is -0.453. The van der Waals surface area contributed by atoms with Crippen LogP contribution in [0.25, 0.3) is 0 Å². The van der Waals surface area contributed by atoms with E-state index in [4.69, 9.17) is 9.52 Å². The number of anilines is 1. The second-order valence-electron chi connectivity index (χ2n) is 3.76. The topological polar surface area (TPSA) is 62.5 Å². The molecule has 0 spiro atoms. The van der Waals surface area contributed by atoms with Crippen LogP contribution in [0.1, 0.15) is 16.1 Å². The molecule has 1 heterocycles. The summed E-state index contributed by atoms with van der Waals surface area (Å²) in [5, 5.41) is 10.9. The maximum atomic E-state index is 13.3. The summed E-state index contributed by atoms with van der Waals surface area (Å²) in [6.07, 6.45) is 1.07. The molecule has 0 amide bonds. The van der Waals surface area contributed by atoms with Gasteiger partial charge in [0.25, 0.3) is 0 Å². The minimum Gasteiger partial charge on any atom is -0.478 e. The van der Waals surface area contributed by atoms with Crippen LogP contribution in [-0.2, 0) is 6.54 Å². The highest BCUT2D eigenvalue weighted by molar-refractivity contribution is 5.88. The molecule has 4 nitrogen and oxygen atoms in total. The third kappa shape index (κ3) is 2.44. The number of hydrogen-bond donors (Lipinski definition) is 2. The first-order valence-electron chi connectivity index (χ1n) is 5.28. The first-order chi connectivity index (χ1) is 9.41. The fourth-order valence-corrected chi connectivity index (χ4v) is 1.57. The Labute approximate surface area is 109 Å². The van der Waals surface area contributed by atoms with Gasteiger partial charge >= 0.3 is 5.97 Å². The SMILES string of the molecule is O=C(O)c1ccoc1CNc1c(F)c(F)cc(F)c1F. The standard InChI is InChI=1S/C12H7F4NO3/c13-6-3-7(14)10(16)11(9(6)15)17-4-8-5(12(18)19)1-2-20-8/h1-3,17H,4H2,(H,18,19). The molecule has 0 aliphatic carbocycles. The van der Waals surface area contributed by atoms with E-state index in [1.165, 1.54) is 0 Å². The molecule has 0 aliphatic heterocycles. The first kappa shape index (κ1) is 13.9. The molecule has 0 fully saturated rings. The van der Waals surface area contributed by atoms with Crippen molar-refractivity contribution < 1.29 is 31.9 Å². The van der Waals surface area contributed by atoms with E-state index in [2.05, 4.69) is 5.32 Å². The van der Waals surface area contributed by atoms with Gasteiger partial charge in [0.05, 0.1) is 12.8 Å². The van der Waals surface area contributed by atoms with Crippen molar-refractivity contribution in [3.63, 3.8) is 0 Å². The smallest absolute Gasteiger partial charge is 0.339 e. The Kier molecular flexibility index (Phi) is 3.64. The molecule has 2 rings (SSSR count). The number of carbonyl (C=O) groups is 1. The van der Waals surface area contributed by atoms with E-state index < -0.39 is 41.5 Å². The Morgan fingerprint density at radius 2 is 1.80 bits per heavy atom. The Morgan fingerprint density at radius 3 is 2.35 bits per heavy atom. The molecule has 1 aromatic heterocycles. The molecule has 0 bridgehead atoms. The molecule has 0 aliphatic rings. The number of nitrogens with one attached hydrogen (secondary N) is 1. The van der Waals surface area contributed by atoms with E-state index in [0.717, 1.165) is 12.3 Å². The van der Waals surface area contributed by atoms with Crippen molar-refractivity contribution in [1.29, 1.82) is 0 Å². The summed E-state index contributed by atoms with van der Waals surface area (Å²) in [7, 11) is 0. The Morgan fingerprint density at radius 1 is 1.20 bits per heavy atom. The van der Waals surface area contributed by atoms with Crippen molar-refractivity contribution in [3.8, 4) is 0 Å². The number of halogens is 4. The Bertz CT molecular complexity index is 643. The van der Waals surface area contributed by atoms with E-state index in [1.807, 2.05) is 0 Å². The van der Waals surface area contributed by atoms with Gasteiger partial charge in [0.2, 0.25) is 0 Å². The number of carboxylic acids is 1. The van der Waals surface area contributed by atoms with E-state index in [0.29, 0.717) is 0 Å². The van der Waals surface area contributed by atoms with E-state index in [9.17, 15) is 22.4 Å². The number of furan rings is 1. The summed E-state index contributed by atoms with van der Waals surface area (Å²) in [5.41, 5.74) is -1.26. The van der Waals surface area contributed by atoms with Crippen molar-refractivity contribution in [2.24, 2.45) is 0 Å². The second-order valence-corrected chi connectivity index (χ2v) is 3.76. The fraction of sp³-hybridized carbons (Fsp3) is 0.0833. The van der Waals surface area contributed by atoms with Crippen molar-refractivity contribution in [2.45, 2.75) is 6.54 Å². The summed E-state index contributed by atoms with van der Waals surface area (Å²) in [4.78, 5) is 10.8. The molecular weight excluding hydrogens is 282 g/mol. The van der Waals surface area contributed by atoms with Gasteiger partial charge in [0, 0.05) is 6.07 Å². The Balaban J connectivity index is 2.28. The zero-order chi connectivity index (χ0) is 14.9. The molecule has 1 aromatic carbocycles. The number of carboxylic acid groups (broad SMARTS) is 1. The van der Waals surface area contributed by atoms with Crippen LogP contribution < -0.4 is 5.32 Å². The highest BCUT2D eigenvalue weighted by atomic mass is 19.2. The van der Waals surface area contributed by atoms with Crippen LogP contribution in [0.5, 0.6) is 0 Å². The van der Waals surface area contributed by atoms with Gasteiger partial charge in [0.1, 0.15) is 17.0 Å². The monoisotopic (exact) mass is 289 g/mol. The lowest BCUT2D eigenvalue weighted by molar-refractivity contribution is 0.0694. The van der Waals surface area contributed by atoms with Crippen LogP contribution in [0.3, 0.4) is 0 Å². The number of benzene rings is 1. The molecule has 0 atom stereocenters. The van der Waals surface area contributed by atoms with Gasteiger partial charge in [-0.2, -0.15) is 0 Å². The van der Waals surface area contributed by atoms with E-state index in [-0.39, 0.29) is 17.4 Å². The van der Waals surface area contributed by atoms with Crippen LogP contribution in [0, 0.1) is 23.3 Å². The molecule has 0 saturated heterocycles. The van der Waals surface area contributed by atoms with Crippen LogP contribution in [0.4, 0.5) is 23.2 Å². The van der Waals surface area contributed by atoms with Gasteiger partial charge in [-0.25, -0.2) is 22.4 Å². The van der Waals surface area contributed by atoms with Gasteiger partial charge in [0.15, 0.2) is 23.3 Å². The maximum absolute atomic E-state index is 13.3. The lowest BCUT2D eigenvalue weighted by atomic mass is 10.2. The zero-order valence-corrected chi connectivity index (χ0v) is 9.71. The number of hydrogen-bond acceptors (Lipinski definition) is 3. The van der Waals surface area contributed by atoms with Crippen LogP contribution in [-0.4, -0.2) is 11.1 Å². The average molecular weight is 289 g/mol. The van der Waals surface area contributed by atoms with Crippen LogP contribution >= 0.6 is 0 Å². The van der Waals surface area contributed by atoms with Gasteiger partial charge in [-0.1, -0.05) is 0 Å². The minimum absolute atomic E-state index is 0.0748. The summed E-state index contributed by atoms with van der Waals surface area (Å²) in [6, 6.07) is 1.21. The molecule has 0 unspecified atom stereocenters. The molecular formula is C12H7F4NO3. The highest BCUT2D eigenvalue weighted by Crippen LogP contribution is 2.25. The fourth-order valence-electron chi connectivity index (χ4n) is 1.57. The van der Waals surface area contributed by atoms with Gasteiger partial charge in [-0.3, -0.25) is 0 Å². The third-order valence-electron chi connectivity index (χ3n) is 2.51. The van der Waals surface area contributed by atoms with Gasteiger partial charge in [-0.15, -0.1) is 0 Å². The second kappa shape index (κ2) is 5.24. The van der Waals surface area contributed by atoms with E-state index in [1.54, 1.807) is 0 Å². The zero-order valence-electron chi connectivity index (χ0n) is 9.71. The Hall–Kier alpha value is -2.51. The average Bonchev–Trinajstić information content (AvgIpc) is 2.85. The first-order valence-corrected chi connectivity index (χ1v) is 5.28. The molecule has 2 N–H and O–H groups in total. The van der Waals surface area contributed by atoms with Crippen molar-refractivity contribution >= 4 is 11.7 Å². The molecule has 106 valence electrons. The molecule has 0 saturated carbocycles. The third-order valence-corrected chi connectivity index (χ3v) is 2.51. The largest absolute Gasteiger partial charge is 0.478 e. The van der Waals surface area contributed by atoms with Crippen LogP contribution in [0.2, 0.25) is 0 Å². The van der Waals surface area contributed by atoms with Gasteiger partial charge in [-0.05, 0) is 6.07 Å². The molecule has 8 heteroatoms. The lowest BCUT2D eigenvalue weighted by Gasteiger charge is -2.09.